The second-order valence-electron chi connectivity index (χ2n) is 6.04. The van der Waals surface area contributed by atoms with Crippen LogP contribution in [0.2, 0.25) is 0 Å². The molecule has 5 heteroatoms. The zero-order valence-corrected chi connectivity index (χ0v) is 13.5. The molecule has 124 valence electrons. The summed E-state index contributed by atoms with van der Waals surface area (Å²) in [6, 6.07) is 13.0. The summed E-state index contributed by atoms with van der Waals surface area (Å²) in [6.07, 6.45) is 0.802. The molecule has 0 saturated carbocycles. The molecule has 1 N–H and O–H groups in total. The summed E-state index contributed by atoms with van der Waals surface area (Å²) < 4.78 is 13.0. The summed E-state index contributed by atoms with van der Waals surface area (Å²) >= 11 is 0. The Kier molecular flexibility index (Phi) is 4.60. The molecule has 1 aliphatic rings. The van der Waals surface area contributed by atoms with Gasteiger partial charge in [-0.25, -0.2) is 4.39 Å². The third kappa shape index (κ3) is 3.62. The number of amides is 2. The Hall–Kier alpha value is -2.69. The normalized spacial score (nSPS) is 17.2. The molecule has 0 radical (unpaired) electrons. The standard InChI is InChI=1S/C19H19FN2O2/c1-13-2-4-14(5-3-13)12-18(23)21-17-10-11-22(19(17)24)16-8-6-15(20)7-9-16/h2-9,17H,10-12H2,1H3,(H,21,23). The number of anilines is 1. The van der Waals surface area contributed by atoms with Crippen molar-refractivity contribution < 1.29 is 14.0 Å². The third-order valence-electron chi connectivity index (χ3n) is 4.16. The number of hydrogen-bond acceptors (Lipinski definition) is 2. The van der Waals surface area contributed by atoms with Crippen molar-refractivity contribution in [3.63, 3.8) is 0 Å². The first-order valence-corrected chi connectivity index (χ1v) is 7.95. The van der Waals surface area contributed by atoms with E-state index in [-0.39, 0.29) is 24.1 Å². The lowest BCUT2D eigenvalue weighted by molar-refractivity contribution is -0.126. The Morgan fingerprint density at radius 2 is 1.83 bits per heavy atom. The molecule has 1 aliphatic heterocycles. The highest BCUT2D eigenvalue weighted by atomic mass is 19.1. The molecule has 1 fully saturated rings. The quantitative estimate of drug-likeness (QED) is 0.939. The van der Waals surface area contributed by atoms with Crippen LogP contribution in [0.4, 0.5) is 10.1 Å². The number of nitrogens with one attached hydrogen (secondary N) is 1. The van der Waals surface area contributed by atoms with Gasteiger partial charge in [-0.1, -0.05) is 29.8 Å². The van der Waals surface area contributed by atoms with E-state index in [4.69, 9.17) is 0 Å². The second kappa shape index (κ2) is 6.83. The number of aryl methyl sites for hydroxylation is 1. The van der Waals surface area contributed by atoms with Crippen LogP contribution in [-0.2, 0) is 16.0 Å². The van der Waals surface area contributed by atoms with Gasteiger partial charge in [0, 0.05) is 12.2 Å². The third-order valence-corrected chi connectivity index (χ3v) is 4.16. The van der Waals surface area contributed by atoms with Gasteiger partial charge in [-0.15, -0.1) is 0 Å². The van der Waals surface area contributed by atoms with Crippen molar-refractivity contribution in [2.75, 3.05) is 11.4 Å². The molecule has 1 heterocycles. The number of carbonyl (C=O) groups is 2. The highest BCUT2D eigenvalue weighted by Crippen LogP contribution is 2.22. The van der Waals surface area contributed by atoms with Gasteiger partial charge in [-0.3, -0.25) is 9.59 Å². The molecule has 0 aromatic heterocycles. The van der Waals surface area contributed by atoms with Gasteiger partial charge < -0.3 is 10.2 Å². The molecular formula is C19H19FN2O2. The minimum absolute atomic E-state index is 0.154. The van der Waals surface area contributed by atoms with E-state index in [1.807, 2.05) is 31.2 Å². The first-order valence-electron chi connectivity index (χ1n) is 7.95. The van der Waals surface area contributed by atoms with E-state index in [9.17, 15) is 14.0 Å². The van der Waals surface area contributed by atoms with Crippen LogP contribution in [0.15, 0.2) is 48.5 Å². The lowest BCUT2D eigenvalue weighted by atomic mass is 10.1. The molecule has 2 amide bonds. The highest BCUT2D eigenvalue weighted by molar-refractivity contribution is 6.01. The predicted octanol–water partition coefficient (Wildman–Crippen LogP) is 2.60. The molecule has 4 nitrogen and oxygen atoms in total. The van der Waals surface area contributed by atoms with Crippen LogP contribution in [0.5, 0.6) is 0 Å². The maximum absolute atomic E-state index is 13.0. The summed E-state index contributed by atoms with van der Waals surface area (Å²) in [7, 11) is 0. The van der Waals surface area contributed by atoms with Gasteiger partial charge in [-0.2, -0.15) is 0 Å². The van der Waals surface area contributed by atoms with E-state index in [2.05, 4.69) is 5.32 Å². The van der Waals surface area contributed by atoms with E-state index in [1.54, 1.807) is 17.0 Å². The molecule has 0 bridgehead atoms. The maximum atomic E-state index is 13.0. The summed E-state index contributed by atoms with van der Waals surface area (Å²) in [4.78, 5) is 26.2. The predicted molar refractivity (Wildman–Crippen MR) is 90.2 cm³/mol. The van der Waals surface area contributed by atoms with Crippen LogP contribution in [0.3, 0.4) is 0 Å². The van der Waals surface area contributed by atoms with Crippen LogP contribution in [0.1, 0.15) is 17.5 Å². The number of benzene rings is 2. The van der Waals surface area contributed by atoms with Crippen molar-refractivity contribution in [1.82, 2.24) is 5.32 Å². The fraction of sp³-hybridized carbons (Fsp3) is 0.263. The molecule has 2 aromatic carbocycles. The highest BCUT2D eigenvalue weighted by Gasteiger charge is 2.33. The van der Waals surface area contributed by atoms with E-state index in [0.29, 0.717) is 18.7 Å². The molecule has 24 heavy (non-hydrogen) atoms. The van der Waals surface area contributed by atoms with Crippen LogP contribution in [0, 0.1) is 12.7 Å². The van der Waals surface area contributed by atoms with Crippen molar-refractivity contribution >= 4 is 17.5 Å². The summed E-state index contributed by atoms with van der Waals surface area (Å²) in [5, 5.41) is 2.80. The number of rotatable bonds is 4. The van der Waals surface area contributed by atoms with E-state index in [0.717, 1.165) is 11.1 Å². The smallest absolute Gasteiger partial charge is 0.249 e. The molecule has 0 aliphatic carbocycles. The Morgan fingerprint density at radius 1 is 1.17 bits per heavy atom. The molecule has 3 rings (SSSR count). The van der Waals surface area contributed by atoms with Crippen molar-refractivity contribution in [2.24, 2.45) is 0 Å². The number of nitrogens with zero attached hydrogens (tertiary/aromatic N) is 1. The number of halogens is 1. The van der Waals surface area contributed by atoms with Gasteiger partial charge in [0.15, 0.2) is 0 Å². The summed E-state index contributed by atoms with van der Waals surface area (Å²) in [6.45, 7) is 2.50. The van der Waals surface area contributed by atoms with Crippen molar-refractivity contribution in [2.45, 2.75) is 25.8 Å². The average molecular weight is 326 g/mol. The van der Waals surface area contributed by atoms with Crippen LogP contribution >= 0.6 is 0 Å². The molecule has 1 unspecified atom stereocenters. The summed E-state index contributed by atoms with van der Waals surface area (Å²) in [5.41, 5.74) is 2.70. The van der Waals surface area contributed by atoms with Crippen LogP contribution in [-0.4, -0.2) is 24.4 Å². The molecule has 1 saturated heterocycles. The van der Waals surface area contributed by atoms with Crippen molar-refractivity contribution in [1.29, 1.82) is 0 Å². The Balaban J connectivity index is 1.60. The van der Waals surface area contributed by atoms with E-state index < -0.39 is 6.04 Å². The number of hydrogen-bond donors (Lipinski definition) is 1. The zero-order valence-electron chi connectivity index (χ0n) is 13.5. The van der Waals surface area contributed by atoms with Crippen molar-refractivity contribution in [3.8, 4) is 0 Å². The fourth-order valence-electron chi connectivity index (χ4n) is 2.83. The zero-order chi connectivity index (χ0) is 17.1. The van der Waals surface area contributed by atoms with E-state index >= 15 is 0 Å². The van der Waals surface area contributed by atoms with Gasteiger partial charge >= 0.3 is 0 Å². The Bertz CT molecular complexity index is 741. The van der Waals surface area contributed by atoms with Gasteiger partial charge in [0.1, 0.15) is 11.9 Å². The van der Waals surface area contributed by atoms with Crippen molar-refractivity contribution in [3.05, 3.63) is 65.5 Å². The minimum atomic E-state index is -0.520. The molecule has 1 atom stereocenters. The topological polar surface area (TPSA) is 49.4 Å². The second-order valence-corrected chi connectivity index (χ2v) is 6.04. The first kappa shape index (κ1) is 16.2. The van der Waals surface area contributed by atoms with Crippen LogP contribution < -0.4 is 10.2 Å². The van der Waals surface area contributed by atoms with Gasteiger partial charge in [0.05, 0.1) is 6.42 Å². The lowest BCUT2D eigenvalue weighted by Gasteiger charge is -2.17. The monoisotopic (exact) mass is 326 g/mol. The first-order chi connectivity index (χ1) is 11.5. The van der Waals surface area contributed by atoms with E-state index in [1.165, 1.54) is 12.1 Å². The SMILES string of the molecule is Cc1ccc(CC(=O)NC2CCN(c3ccc(F)cc3)C2=O)cc1. The maximum Gasteiger partial charge on any atom is 0.249 e. The fourth-order valence-corrected chi connectivity index (χ4v) is 2.83. The van der Waals surface area contributed by atoms with Gasteiger partial charge in [0.2, 0.25) is 11.8 Å². The van der Waals surface area contributed by atoms with Gasteiger partial charge in [0.25, 0.3) is 0 Å². The number of carbonyl (C=O) groups excluding carboxylic acids is 2. The van der Waals surface area contributed by atoms with Crippen LogP contribution in [0.25, 0.3) is 0 Å². The molecule has 0 spiro atoms. The molecule has 2 aromatic rings. The largest absolute Gasteiger partial charge is 0.344 e. The Morgan fingerprint density at radius 3 is 2.50 bits per heavy atom. The lowest BCUT2D eigenvalue weighted by Crippen LogP contribution is -2.42. The molecular weight excluding hydrogens is 307 g/mol. The summed E-state index contributed by atoms with van der Waals surface area (Å²) in [5.74, 6) is -0.662. The Labute approximate surface area is 140 Å². The van der Waals surface area contributed by atoms with Gasteiger partial charge in [-0.05, 0) is 43.2 Å². The minimum Gasteiger partial charge on any atom is -0.344 e. The average Bonchev–Trinajstić information content (AvgIpc) is 2.91.